The van der Waals surface area contributed by atoms with Crippen molar-refractivity contribution < 1.29 is 4.74 Å². The molecule has 0 spiro atoms. The Bertz CT molecular complexity index is 473. The molecule has 0 saturated carbocycles. The van der Waals surface area contributed by atoms with Crippen molar-refractivity contribution in [3.05, 3.63) is 54.1 Å². The molecule has 0 aliphatic carbocycles. The minimum absolute atomic E-state index is 0.692. The fraction of sp³-hybridized carbons (Fsp3) is 0.286. The standard InChI is InChI=1S/C14H17N3O/c1-2-18-14-5-3-4-12(8-14)9-16-10-13-6-7-15-11-17-13/h3-8,11,16H,2,9-10H2,1H3. The van der Waals surface area contributed by atoms with Gasteiger partial charge in [-0.1, -0.05) is 12.1 Å². The molecule has 0 aliphatic rings. The lowest BCUT2D eigenvalue weighted by atomic mass is 10.2. The van der Waals surface area contributed by atoms with Gasteiger partial charge in [-0.3, -0.25) is 0 Å². The predicted molar refractivity (Wildman–Crippen MR) is 70.2 cm³/mol. The number of benzene rings is 1. The van der Waals surface area contributed by atoms with Gasteiger partial charge in [0.05, 0.1) is 12.3 Å². The molecule has 18 heavy (non-hydrogen) atoms. The number of rotatable bonds is 6. The second kappa shape index (κ2) is 6.71. The monoisotopic (exact) mass is 243 g/mol. The highest BCUT2D eigenvalue weighted by molar-refractivity contribution is 5.28. The van der Waals surface area contributed by atoms with Gasteiger partial charge in [0.2, 0.25) is 0 Å². The molecule has 1 aromatic carbocycles. The Labute approximate surface area is 107 Å². The van der Waals surface area contributed by atoms with E-state index in [1.807, 2.05) is 25.1 Å². The van der Waals surface area contributed by atoms with Crippen LogP contribution in [0.2, 0.25) is 0 Å². The van der Waals surface area contributed by atoms with E-state index in [4.69, 9.17) is 4.74 Å². The van der Waals surface area contributed by atoms with Crippen LogP contribution in [-0.2, 0) is 13.1 Å². The summed E-state index contributed by atoms with van der Waals surface area (Å²) in [5.74, 6) is 0.916. The maximum Gasteiger partial charge on any atom is 0.119 e. The number of nitrogens with one attached hydrogen (secondary N) is 1. The van der Waals surface area contributed by atoms with Gasteiger partial charge in [0, 0.05) is 19.3 Å². The third-order valence-electron chi connectivity index (χ3n) is 2.49. The maximum atomic E-state index is 5.46. The Kier molecular flexibility index (Phi) is 4.67. The number of hydrogen-bond acceptors (Lipinski definition) is 4. The van der Waals surface area contributed by atoms with Gasteiger partial charge in [-0.25, -0.2) is 9.97 Å². The van der Waals surface area contributed by atoms with Crippen LogP contribution in [-0.4, -0.2) is 16.6 Å². The van der Waals surface area contributed by atoms with Gasteiger partial charge in [0.1, 0.15) is 12.1 Å². The Hall–Kier alpha value is -1.94. The molecule has 0 amide bonds. The average Bonchev–Trinajstić information content (AvgIpc) is 2.41. The van der Waals surface area contributed by atoms with Crippen LogP contribution in [0.25, 0.3) is 0 Å². The van der Waals surface area contributed by atoms with Gasteiger partial charge in [0.15, 0.2) is 0 Å². The van der Waals surface area contributed by atoms with Crippen molar-refractivity contribution in [2.24, 2.45) is 0 Å². The third-order valence-corrected chi connectivity index (χ3v) is 2.49. The van der Waals surface area contributed by atoms with Crippen molar-refractivity contribution in [3.8, 4) is 5.75 Å². The summed E-state index contributed by atoms with van der Waals surface area (Å²) in [6.45, 7) is 4.21. The zero-order valence-corrected chi connectivity index (χ0v) is 10.5. The first-order valence-corrected chi connectivity index (χ1v) is 6.06. The highest BCUT2D eigenvalue weighted by Gasteiger charge is 1.97. The number of ether oxygens (including phenoxy) is 1. The molecule has 94 valence electrons. The fourth-order valence-electron chi connectivity index (χ4n) is 1.67. The lowest BCUT2D eigenvalue weighted by molar-refractivity contribution is 0.340. The molecule has 1 N–H and O–H groups in total. The SMILES string of the molecule is CCOc1cccc(CNCc2ccncn2)c1. The van der Waals surface area contributed by atoms with E-state index in [1.165, 1.54) is 5.56 Å². The van der Waals surface area contributed by atoms with E-state index < -0.39 is 0 Å². The number of nitrogens with zero attached hydrogens (tertiary/aromatic N) is 2. The molecule has 1 heterocycles. The summed E-state index contributed by atoms with van der Waals surface area (Å²) in [5, 5.41) is 3.34. The van der Waals surface area contributed by atoms with E-state index in [9.17, 15) is 0 Å². The normalized spacial score (nSPS) is 10.3. The molecule has 4 heteroatoms. The minimum Gasteiger partial charge on any atom is -0.494 e. The molecule has 0 saturated heterocycles. The predicted octanol–water partition coefficient (Wildman–Crippen LogP) is 2.17. The van der Waals surface area contributed by atoms with Crippen molar-refractivity contribution in [1.29, 1.82) is 0 Å². The van der Waals surface area contributed by atoms with Gasteiger partial charge < -0.3 is 10.1 Å². The average molecular weight is 243 g/mol. The summed E-state index contributed by atoms with van der Waals surface area (Å²) in [4.78, 5) is 8.05. The number of aromatic nitrogens is 2. The van der Waals surface area contributed by atoms with Gasteiger partial charge in [-0.15, -0.1) is 0 Å². The molecule has 0 atom stereocenters. The van der Waals surface area contributed by atoms with Crippen molar-refractivity contribution in [2.45, 2.75) is 20.0 Å². The van der Waals surface area contributed by atoms with Gasteiger partial charge in [-0.2, -0.15) is 0 Å². The Morgan fingerprint density at radius 2 is 2.17 bits per heavy atom. The fourth-order valence-corrected chi connectivity index (χ4v) is 1.67. The highest BCUT2D eigenvalue weighted by Crippen LogP contribution is 2.13. The van der Waals surface area contributed by atoms with E-state index in [1.54, 1.807) is 12.5 Å². The molecule has 0 fully saturated rings. The summed E-state index contributed by atoms with van der Waals surface area (Å²) in [6.07, 6.45) is 3.31. The van der Waals surface area contributed by atoms with Gasteiger partial charge in [-0.05, 0) is 30.7 Å². The first-order valence-electron chi connectivity index (χ1n) is 6.06. The van der Waals surface area contributed by atoms with Crippen LogP contribution in [0.5, 0.6) is 5.75 Å². The van der Waals surface area contributed by atoms with Crippen LogP contribution < -0.4 is 10.1 Å². The topological polar surface area (TPSA) is 47.0 Å². The molecule has 2 rings (SSSR count). The van der Waals surface area contributed by atoms with E-state index in [2.05, 4.69) is 27.4 Å². The molecule has 0 radical (unpaired) electrons. The molecule has 1 aromatic heterocycles. The molecule has 4 nitrogen and oxygen atoms in total. The van der Waals surface area contributed by atoms with Gasteiger partial charge in [0.25, 0.3) is 0 Å². The third kappa shape index (κ3) is 3.82. The van der Waals surface area contributed by atoms with Gasteiger partial charge >= 0.3 is 0 Å². The summed E-state index contributed by atoms with van der Waals surface area (Å²) >= 11 is 0. The second-order valence-corrected chi connectivity index (χ2v) is 3.88. The maximum absolute atomic E-state index is 5.46. The molecular weight excluding hydrogens is 226 g/mol. The quantitative estimate of drug-likeness (QED) is 0.844. The lowest BCUT2D eigenvalue weighted by Gasteiger charge is -2.07. The van der Waals surface area contributed by atoms with Crippen molar-refractivity contribution in [3.63, 3.8) is 0 Å². The smallest absolute Gasteiger partial charge is 0.119 e. The van der Waals surface area contributed by atoms with E-state index in [-0.39, 0.29) is 0 Å². The first-order chi connectivity index (χ1) is 8.88. The minimum atomic E-state index is 0.692. The molecule has 0 aliphatic heterocycles. The first kappa shape index (κ1) is 12.5. The molecular formula is C14H17N3O. The van der Waals surface area contributed by atoms with E-state index in [0.29, 0.717) is 6.61 Å². The summed E-state index contributed by atoms with van der Waals surface area (Å²) in [6, 6.07) is 10.0. The van der Waals surface area contributed by atoms with Crippen LogP contribution in [0.1, 0.15) is 18.2 Å². The van der Waals surface area contributed by atoms with Crippen molar-refractivity contribution in [1.82, 2.24) is 15.3 Å². The molecule has 0 unspecified atom stereocenters. The van der Waals surface area contributed by atoms with E-state index >= 15 is 0 Å². The summed E-state index contributed by atoms with van der Waals surface area (Å²) < 4.78 is 5.46. The van der Waals surface area contributed by atoms with Crippen LogP contribution in [0.3, 0.4) is 0 Å². The van der Waals surface area contributed by atoms with Crippen LogP contribution >= 0.6 is 0 Å². The Morgan fingerprint density at radius 1 is 1.22 bits per heavy atom. The van der Waals surface area contributed by atoms with E-state index in [0.717, 1.165) is 24.5 Å². The van der Waals surface area contributed by atoms with Crippen LogP contribution in [0, 0.1) is 0 Å². The molecule has 2 aromatic rings. The van der Waals surface area contributed by atoms with Crippen molar-refractivity contribution in [2.75, 3.05) is 6.61 Å². The summed E-state index contributed by atoms with van der Waals surface area (Å²) in [7, 11) is 0. The van der Waals surface area contributed by atoms with Crippen LogP contribution in [0.4, 0.5) is 0 Å². The van der Waals surface area contributed by atoms with Crippen LogP contribution in [0.15, 0.2) is 42.9 Å². The zero-order chi connectivity index (χ0) is 12.6. The number of hydrogen-bond donors (Lipinski definition) is 1. The van der Waals surface area contributed by atoms with Crippen molar-refractivity contribution >= 4 is 0 Å². The summed E-state index contributed by atoms with van der Waals surface area (Å²) in [5.41, 5.74) is 2.20. The Morgan fingerprint density at radius 3 is 2.94 bits per heavy atom. The second-order valence-electron chi connectivity index (χ2n) is 3.88. The highest BCUT2D eigenvalue weighted by atomic mass is 16.5. The molecule has 0 bridgehead atoms. The largest absolute Gasteiger partial charge is 0.494 e. The Balaban J connectivity index is 1.84. The zero-order valence-electron chi connectivity index (χ0n) is 10.5. The lowest BCUT2D eigenvalue weighted by Crippen LogP contribution is -2.13.